The molecule has 1 unspecified atom stereocenters. The van der Waals surface area contributed by atoms with Crippen LogP contribution in [0.4, 0.5) is 0 Å². The van der Waals surface area contributed by atoms with Gasteiger partial charge in [0, 0.05) is 25.0 Å². The highest BCUT2D eigenvalue weighted by Crippen LogP contribution is 2.26. The van der Waals surface area contributed by atoms with E-state index in [-0.39, 0.29) is 15.5 Å². The number of carbonyl (C=O) groups excluding carboxylic acids is 1. The largest absolute Gasteiger partial charge is 0.459 e. The third-order valence-electron chi connectivity index (χ3n) is 4.17. The molecule has 27 heavy (non-hydrogen) atoms. The fraction of sp³-hybridized carbons (Fsp3) is 0.211. The van der Waals surface area contributed by atoms with Gasteiger partial charge in [0.05, 0.1) is 11.1 Å². The quantitative estimate of drug-likeness (QED) is 0.698. The molecule has 1 heterocycles. The van der Waals surface area contributed by atoms with E-state index in [2.05, 4.69) is 5.32 Å². The Labute approximate surface area is 162 Å². The molecular formula is C19H19ClN2O4S. The summed E-state index contributed by atoms with van der Waals surface area (Å²) in [4.78, 5) is 12.5. The van der Waals surface area contributed by atoms with Crippen molar-refractivity contribution in [2.75, 3.05) is 14.1 Å². The summed E-state index contributed by atoms with van der Waals surface area (Å²) < 4.78 is 31.5. The first-order valence-corrected chi connectivity index (χ1v) is 10.0. The summed E-state index contributed by atoms with van der Waals surface area (Å²) in [6, 6.07) is 13.2. The number of furan rings is 1. The molecule has 3 rings (SSSR count). The molecule has 8 heteroatoms. The summed E-state index contributed by atoms with van der Waals surface area (Å²) >= 11 is 6.02. The van der Waals surface area contributed by atoms with Gasteiger partial charge in [-0.3, -0.25) is 4.79 Å². The molecule has 1 aromatic heterocycles. The number of sulfonamides is 1. The third kappa shape index (κ3) is 3.85. The maximum absolute atomic E-state index is 12.6. The Balaban J connectivity index is 1.85. The summed E-state index contributed by atoms with van der Waals surface area (Å²) in [6.07, 6.45) is 0. The third-order valence-corrected chi connectivity index (χ3v) is 6.47. The van der Waals surface area contributed by atoms with Crippen LogP contribution in [0.2, 0.25) is 5.02 Å². The minimum atomic E-state index is -3.76. The van der Waals surface area contributed by atoms with E-state index in [0.29, 0.717) is 5.76 Å². The number of hydrogen-bond acceptors (Lipinski definition) is 4. The van der Waals surface area contributed by atoms with Crippen LogP contribution in [0.15, 0.2) is 57.8 Å². The molecule has 1 amide bonds. The van der Waals surface area contributed by atoms with Crippen LogP contribution in [0.1, 0.15) is 29.1 Å². The minimum absolute atomic E-state index is 0.0607. The number of rotatable bonds is 5. The zero-order valence-corrected chi connectivity index (χ0v) is 16.6. The van der Waals surface area contributed by atoms with Crippen LogP contribution >= 0.6 is 11.6 Å². The summed E-state index contributed by atoms with van der Waals surface area (Å²) in [5.41, 5.74) is 0.933. The van der Waals surface area contributed by atoms with Crippen LogP contribution in [0, 0.1) is 0 Å². The van der Waals surface area contributed by atoms with Crippen molar-refractivity contribution in [3.8, 4) is 0 Å². The van der Waals surface area contributed by atoms with Crippen molar-refractivity contribution >= 4 is 38.5 Å². The molecule has 0 bridgehead atoms. The Morgan fingerprint density at radius 2 is 1.85 bits per heavy atom. The lowest BCUT2D eigenvalue weighted by atomic mass is 10.1. The fourth-order valence-electron chi connectivity index (χ4n) is 2.61. The maximum atomic E-state index is 12.6. The van der Waals surface area contributed by atoms with Crippen molar-refractivity contribution in [2.24, 2.45) is 0 Å². The lowest BCUT2D eigenvalue weighted by Gasteiger charge is -2.15. The maximum Gasteiger partial charge on any atom is 0.251 e. The average molecular weight is 407 g/mol. The van der Waals surface area contributed by atoms with Gasteiger partial charge in [-0.15, -0.1) is 0 Å². The molecule has 3 aromatic rings. The number of fused-ring (bicyclic) bond motifs is 1. The van der Waals surface area contributed by atoms with E-state index < -0.39 is 22.0 Å². The molecule has 0 saturated carbocycles. The van der Waals surface area contributed by atoms with Gasteiger partial charge in [-0.05, 0) is 37.3 Å². The summed E-state index contributed by atoms with van der Waals surface area (Å²) in [5, 5.41) is 3.82. The molecule has 0 aliphatic rings. The van der Waals surface area contributed by atoms with Crippen LogP contribution in [0.25, 0.3) is 11.0 Å². The Morgan fingerprint density at radius 1 is 1.15 bits per heavy atom. The second-order valence-electron chi connectivity index (χ2n) is 6.31. The second-order valence-corrected chi connectivity index (χ2v) is 8.84. The molecular weight excluding hydrogens is 388 g/mol. The highest BCUT2D eigenvalue weighted by Gasteiger charge is 2.23. The predicted octanol–water partition coefficient (Wildman–Crippen LogP) is 3.83. The zero-order chi connectivity index (χ0) is 19.8. The van der Waals surface area contributed by atoms with Crippen molar-refractivity contribution < 1.29 is 17.6 Å². The molecule has 2 aromatic carbocycles. The summed E-state index contributed by atoms with van der Waals surface area (Å²) in [6.45, 7) is 1.79. The van der Waals surface area contributed by atoms with Gasteiger partial charge in [0.1, 0.15) is 16.2 Å². The van der Waals surface area contributed by atoms with Crippen molar-refractivity contribution in [1.82, 2.24) is 9.62 Å². The number of amides is 1. The number of carbonyl (C=O) groups is 1. The van der Waals surface area contributed by atoms with E-state index in [0.717, 1.165) is 15.3 Å². The Morgan fingerprint density at radius 3 is 2.52 bits per heavy atom. The van der Waals surface area contributed by atoms with Gasteiger partial charge in [-0.2, -0.15) is 0 Å². The van der Waals surface area contributed by atoms with Crippen molar-refractivity contribution in [3.63, 3.8) is 0 Å². The van der Waals surface area contributed by atoms with E-state index in [1.165, 1.54) is 32.3 Å². The van der Waals surface area contributed by atoms with Gasteiger partial charge in [0.25, 0.3) is 5.91 Å². The van der Waals surface area contributed by atoms with Gasteiger partial charge in [-0.1, -0.05) is 29.8 Å². The zero-order valence-electron chi connectivity index (χ0n) is 15.1. The van der Waals surface area contributed by atoms with E-state index in [4.69, 9.17) is 16.0 Å². The molecule has 0 radical (unpaired) electrons. The van der Waals surface area contributed by atoms with E-state index >= 15 is 0 Å². The molecule has 0 saturated heterocycles. The fourth-order valence-corrected chi connectivity index (χ4v) is 4.00. The summed E-state index contributed by atoms with van der Waals surface area (Å²) in [7, 11) is -0.949. The van der Waals surface area contributed by atoms with Crippen molar-refractivity contribution in [2.45, 2.75) is 17.9 Å². The monoisotopic (exact) mass is 406 g/mol. The summed E-state index contributed by atoms with van der Waals surface area (Å²) in [5.74, 6) is 0.189. The number of halogens is 1. The van der Waals surface area contributed by atoms with Gasteiger partial charge in [0.2, 0.25) is 10.0 Å². The second kappa shape index (κ2) is 7.34. The van der Waals surface area contributed by atoms with Crippen LogP contribution in [0.3, 0.4) is 0 Å². The minimum Gasteiger partial charge on any atom is -0.459 e. The van der Waals surface area contributed by atoms with Crippen LogP contribution in [0.5, 0.6) is 0 Å². The topological polar surface area (TPSA) is 79.6 Å². The molecule has 0 aliphatic heterocycles. The molecule has 0 fully saturated rings. The Hall–Kier alpha value is -2.35. The number of benzene rings is 2. The lowest BCUT2D eigenvalue weighted by Crippen LogP contribution is -2.27. The highest BCUT2D eigenvalue weighted by atomic mass is 35.5. The first-order valence-electron chi connectivity index (χ1n) is 8.21. The molecule has 1 N–H and O–H groups in total. The van der Waals surface area contributed by atoms with Gasteiger partial charge >= 0.3 is 0 Å². The van der Waals surface area contributed by atoms with Crippen LogP contribution in [-0.2, 0) is 10.0 Å². The van der Waals surface area contributed by atoms with Gasteiger partial charge in [0.15, 0.2) is 0 Å². The van der Waals surface area contributed by atoms with Crippen molar-refractivity contribution in [1.29, 1.82) is 0 Å². The Kier molecular flexibility index (Phi) is 5.28. The number of hydrogen-bond donors (Lipinski definition) is 1. The van der Waals surface area contributed by atoms with Gasteiger partial charge < -0.3 is 9.73 Å². The van der Waals surface area contributed by atoms with Crippen LogP contribution < -0.4 is 5.32 Å². The average Bonchev–Trinajstić information content (AvgIpc) is 3.06. The lowest BCUT2D eigenvalue weighted by molar-refractivity contribution is 0.0935. The smallest absolute Gasteiger partial charge is 0.251 e. The molecule has 1 atom stereocenters. The van der Waals surface area contributed by atoms with E-state index in [1.807, 2.05) is 30.3 Å². The first kappa shape index (κ1) is 19.4. The molecule has 0 spiro atoms. The van der Waals surface area contributed by atoms with E-state index in [9.17, 15) is 13.2 Å². The standard InChI is InChI=1S/C19H19ClN2O4S/c1-12(17-10-13-6-4-5-7-16(13)26-17)21-19(23)14-8-9-15(20)18(11-14)27(24,25)22(2)3/h4-12H,1-3H3,(H,21,23). The normalized spacial score (nSPS) is 13.1. The predicted molar refractivity (Wildman–Crippen MR) is 104 cm³/mol. The number of nitrogens with zero attached hydrogens (tertiary/aromatic N) is 1. The Bertz CT molecular complexity index is 1070. The number of para-hydroxylation sites is 1. The van der Waals surface area contributed by atoms with Gasteiger partial charge in [-0.25, -0.2) is 12.7 Å². The van der Waals surface area contributed by atoms with Crippen molar-refractivity contribution in [3.05, 3.63) is 64.9 Å². The molecule has 6 nitrogen and oxygen atoms in total. The molecule has 0 aliphatic carbocycles. The van der Waals surface area contributed by atoms with E-state index in [1.54, 1.807) is 6.92 Å². The number of nitrogens with one attached hydrogen (secondary N) is 1. The van der Waals surface area contributed by atoms with Crippen LogP contribution in [-0.4, -0.2) is 32.7 Å². The first-order chi connectivity index (χ1) is 12.7. The molecule has 142 valence electrons. The SMILES string of the molecule is CC(NC(=O)c1ccc(Cl)c(S(=O)(=O)N(C)C)c1)c1cc2ccccc2o1. The highest BCUT2D eigenvalue weighted by molar-refractivity contribution is 7.89.